The van der Waals surface area contributed by atoms with E-state index >= 15 is 0 Å². The minimum atomic E-state index is -2.96. The van der Waals surface area contributed by atoms with Crippen molar-refractivity contribution in [1.29, 1.82) is 0 Å². The van der Waals surface area contributed by atoms with E-state index in [1.165, 1.54) is 24.3 Å². The van der Waals surface area contributed by atoms with Crippen LogP contribution in [-0.4, -0.2) is 68.9 Å². The van der Waals surface area contributed by atoms with E-state index in [0.29, 0.717) is 5.56 Å². The molecule has 1 heterocycles. The van der Waals surface area contributed by atoms with Crippen molar-refractivity contribution in [1.82, 2.24) is 0 Å². The monoisotopic (exact) mass is 434 g/mol. The number of rotatable bonds is 6. The van der Waals surface area contributed by atoms with Crippen LogP contribution in [0.5, 0.6) is 0 Å². The van der Waals surface area contributed by atoms with Gasteiger partial charge in [-0.25, -0.2) is 4.79 Å². The molecule has 0 radical (unpaired) electrons. The zero-order valence-corrected chi connectivity index (χ0v) is 16.0. The van der Waals surface area contributed by atoms with Crippen LogP contribution >= 0.6 is 0 Å². The fourth-order valence-electron chi connectivity index (χ4n) is 3.08. The quantitative estimate of drug-likeness (QED) is 0.289. The molecular weight excluding hydrogens is 409 g/mol. The summed E-state index contributed by atoms with van der Waals surface area (Å²) >= 11 is 0. The molecule has 0 aliphatic carbocycles. The number of benzene rings is 2. The number of ether oxygens (including phenoxy) is 2. The Hall–Kier alpha value is -3.11. The predicted molar refractivity (Wildman–Crippen MR) is 105 cm³/mol. The van der Waals surface area contributed by atoms with Crippen LogP contribution in [0.15, 0.2) is 54.6 Å². The summed E-state index contributed by atoms with van der Waals surface area (Å²) < 4.78 is 33.3. The first-order valence-electron chi connectivity index (χ1n) is 10.7. The van der Waals surface area contributed by atoms with Crippen molar-refractivity contribution in [2.24, 2.45) is 0 Å². The number of carboxylic acids is 1. The molecule has 9 nitrogen and oxygen atoms in total. The number of carbonyl (C=O) groups is 3. The third-order valence-corrected chi connectivity index (χ3v) is 4.80. The van der Waals surface area contributed by atoms with Gasteiger partial charge in [-0.15, -0.1) is 0 Å². The first kappa shape index (κ1) is 18.6. The van der Waals surface area contributed by atoms with Gasteiger partial charge in [0.05, 0.1) is 5.92 Å². The van der Waals surface area contributed by atoms with Crippen molar-refractivity contribution in [2.45, 2.75) is 43.5 Å². The van der Waals surface area contributed by atoms with Gasteiger partial charge in [-0.05, 0) is 18.5 Å². The number of aliphatic hydroxyl groups is 3. The SMILES string of the molecule is [2H][13C]([2H])([2H])C(C(=O)O[C@@H]1O[C@H](C(=O)O)[C@@H](O)[C@H](O)[C@H]1O)c1cccc(C(=O)c2ccccc2)c1. The summed E-state index contributed by atoms with van der Waals surface area (Å²) in [6.45, 7) is -2.96. The van der Waals surface area contributed by atoms with Crippen LogP contribution in [0.1, 0.15) is 38.4 Å². The molecule has 1 unspecified atom stereocenters. The Labute approximate surface area is 181 Å². The number of aliphatic carboxylic acids is 1. The molecule has 0 bridgehead atoms. The van der Waals surface area contributed by atoms with E-state index < -0.39 is 61.2 Å². The summed E-state index contributed by atoms with van der Waals surface area (Å²) in [7, 11) is 0. The second kappa shape index (κ2) is 9.36. The molecule has 0 saturated carbocycles. The van der Waals surface area contributed by atoms with Crippen LogP contribution in [0.4, 0.5) is 0 Å². The molecule has 2 aromatic rings. The predicted octanol–water partition coefficient (Wildman–Crippen LogP) is 0.456. The fourth-order valence-corrected chi connectivity index (χ4v) is 3.08. The van der Waals surface area contributed by atoms with Crippen molar-refractivity contribution in [3.63, 3.8) is 0 Å². The number of carbonyl (C=O) groups excluding carboxylic acids is 2. The number of hydrogen-bond acceptors (Lipinski definition) is 8. The molecule has 0 aromatic heterocycles. The second-order valence-electron chi connectivity index (χ2n) is 6.93. The van der Waals surface area contributed by atoms with Crippen molar-refractivity contribution in [3.8, 4) is 0 Å². The number of esters is 1. The van der Waals surface area contributed by atoms with Crippen LogP contribution in [0, 0.1) is 0 Å². The zero-order chi connectivity index (χ0) is 25.2. The smallest absolute Gasteiger partial charge is 0.335 e. The van der Waals surface area contributed by atoms with Gasteiger partial charge >= 0.3 is 11.9 Å². The Morgan fingerprint density at radius 2 is 1.65 bits per heavy atom. The highest BCUT2D eigenvalue weighted by Gasteiger charge is 2.48. The minimum absolute atomic E-state index is 0.0903. The molecule has 1 aliphatic rings. The van der Waals surface area contributed by atoms with Crippen LogP contribution in [0.3, 0.4) is 0 Å². The van der Waals surface area contributed by atoms with E-state index in [1.807, 2.05) is 0 Å². The Balaban J connectivity index is 1.89. The van der Waals surface area contributed by atoms with Crippen LogP contribution in [0.25, 0.3) is 0 Å². The molecule has 164 valence electrons. The van der Waals surface area contributed by atoms with Gasteiger partial charge in [0.2, 0.25) is 6.29 Å². The highest BCUT2D eigenvalue weighted by molar-refractivity contribution is 6.09. The number of aliphatic hydroxyl groups excluding tert-OH is 3. The maximum atomic E-state index is 12.9. The normalized spacial score (nSPS) is 28.5. The first-order valence-corrected chi connectivity index (χ1v) is 9.24. The molecule has 4 N–H and O–H groups in total. The van der Waals surface area contributed by atoms with Crippen LogP contribution < -0.4 is 0 Å². The summed E-state index contributed by atoms with van der Waals surface area (Å²) in [6.07, 6.45) is -10.2. The lowest BCUT2D eigenvalue weighted by Crippen LogP contribution is -2.60. The van der Waals surface area contributed by atoms with E-state index in [1.54, 1.807) is 30.3 Å². The molecule has 0 spiro atoms. The summed E-state index contributed by atoms with van der Waals surface area (Å²) in [5.41, 5.74) is 0.371. The average Bonchev–Trinajstić information content (AvgIpc) is 2.78. The van der Waals surface area contributed by atoms with E-state index in [-0.39, 0.29) is 11.1 Å². The summed E-state index contributed by atoms with van der Waals surface area (Å²) in [5.74, 6) is -5.45. The van der Waals surface area contributed by atoms with Crippen LogP contribution in [-0.2, 0) is 19.1 Å². The Bertz CT molecular complexity index is 1060. The standard InChI is InChI=1S/C22H22O9/c1-11(13-8-5-9-14(10-13)15(23)12-6-3-2-4-7-12)21(29)31-22-18(26)16(24)17(25)19(30-22)20(27)28/h2-11,16-19,22,24-26H,1H3,(H,27,28)/t11?,16-,17-,18+,19-,22-/m0/s1/i1+1D3. The molecule has 1 saturated heterocycles. The Morgan fingerprint density at radius 3 is 2.29 bits per heavy atom. The minimum Gasteiger partial charge on any atom is -0.479 e. The largest absolute Gasteiger partial charge is 0.479 e. The summed E-state index contributed by atoms with van der Waals surface area (Å²) in [5, 5.41) is 38.8. The van der Waals surface area contributed by atoms with Crippen LogP contribution in [0.2, 0.25) is 0 Å². The van der Waals surface area contributed by atoms with Gasteiger partial charge in [0.25, 0.3) is 0 Å². The van der Waals surface area contributed by atoms with Gasteiger partial charge < -0.3 is 29.9 Å². The fraction of sp³-hybridized carbons (Fsp3) is 0.318. The second-order valence-corrected chi connectivity index (χ2v) is 6.93. The molecule has 2 aromatic carbocycles. The lowest BCUT2D eigenvalue weighted by Gasteiger charge is -2.38. The summed E-state index contributed by atoms with van der Waals surface area (Å²) in [6, 6.07) is 13.6. The molecule has 6 atom stereocenters. The van der Waals surface area contributed by atoms with E-state index in [0.717, 1.165) is 0 Å². The van der Waals surface area contributed by atoms with E-state index in [9.17, 15) is 29.7 Å². The summed E-state index contributed by atoms with van der Waals surface area (Å²) in [4.78, 5) is 36.9. The molecular formula is C22H22O9. The third-order valence-electron chi connectivity index (χ3n) is 4.80. The molecule has 1 aliphatic heterocycles. The van der Waals surface area contributed by atoms with Gasteiger partial charge in [0, 0.05) is 15.2 Å². The molecule has 1 fully saturated rings. The Kier molecular flexibility index (Phi) is 5.63. The lowest BCUT2D eigenvalue weighted by atomic mass is 9.97. The van der Waals surface area contributed by atoms with Crippen molar-refractivity contribution >= 4 is 17.7 Å². The topological polar surface area (TPSA) is 151 Å². The molecule has 3 rings (SSSR count). The highest BCUT2D eigenvalue weighted by atomic mass is 16.7. The highest BCUT2D eigenvalue weighted by Crippen LogP contribution is 2.26. The zero-order valence-electron chi connectivity index (χ0n) is 19.0. The molecule has 31 heavy (non-hydrogen) atoms. The van der Waals surface area contributed by atoms with Gasteiger partial charge in [0.15, 0.2) is 11.9 Å². The van der Waals surface area contributed by atoms with E-state index in [4.69, 9.17) is 18.7 Å². The van der Waals surface area contributed by atoms with Gasteiger partial charge in [-0.3, -0.25) is 9.59 Å². The van der Waals surface area contributed by atoms with Gasteiger partial charge in [-0.1, -0.05) is 48.5 Å². The van der Waals surface area contributed by atoms with Gasteiger partial charge in [0.1, 0.15) is 18.3 Å². The van der Waals surface area contributed by atoms with E-state index in [2.05, 4.69) is 0 Å². The maximum absolute atomic E-state index is 12.9. The molecule has 0 amide bonds. The maximum Gasteiger partial charge on any atom is 0.335 e. The average molecular weight is 434 g/mol. The number of ketones is 1. The number of hydrogen-bond donors (Lipinski definition) is 4. The van der Waals surface area contributed by atoms with Crippen molar-refractivity contribution in [3.05, 3.63) is 71.3 Å². The lowest BCUT2D eigenvalue weighted by molar-refractivity contribution is -0.286. The van der Waals surface area contributed by atoms with Crippen molar-refractivity contribution in [2.75, 3.05) is 0 Å². The van der Waals surface area contributed by atoms with Crippen molar-refractivity contribution < 1.29 is 48.4 Å². The molecule has 9 heteroatoms. The van der Waals surface area contributed by atoms with Gasteiger partial charge in [-0.2, -0.15) is 0 Å². The first-order chi connectivity index (χ1) is 15.9. The Morgan fingerprint density at radius 1 is 0.968 bits per heavy atom. The number of carboxylic acid groups (broad SMARTS) is 1. The third kappa shape index (κ3) is 4.80.